The molecule has 2 aliphatic heterocycles. The first-order chi connectivity index (χ1) is 17.4. The number of hydrogen-bond donors (Lipinski definition) is 3. The van der Waals surface area contributed by atoms with Crippen LogP contribution in [0.1, 0.15) is 49.3 Å². The first-order valence-corrected chi connectivity index (χ1v) is 13.4. The fraction of sp³-hybridized carbons (Fsp3) is 0.393. The van der Waals surface area contributed by atoms with Crippen LogP contribution >= 0.6 is 15.9 Å². The van der Waals surface area contributed by atoms with Gasteiger partial charge in [0.1, 0.15) is 5.54 Å². The van der Waals surface area contributed by atoms with Gasteiger partial charge in [-0.05, 0) is 42.2 Å². The summed E-state index contributed by atoms with van der Waals surface area (Å²) in [5.74, 6) is -3.42. The van der Waals surface area contributed by atoms with E-state index in [2.05, 4.69) is 26.2 Å². The Labute approximate surface area is 217 Å². The molecule has 6 rings (SSSR count). The quantitative estimate of drug-likeness (QED) is 0.404. The summed E-state index contributed by atoms with van der Waals surface area (Å²) in [6, 6.07) is 14.6. The van der Waals surface area contributed by atoms with Crippen molar-refractivity contribution in [3.63, 3.8) is 0 Å². The molecule has 2 aromatic carbocycles. The van der Waals surface area contributed by atoms with Gasteiger partial charge in [0, 0.05) is 40.1 Å². The molecule has 3 N–H and O–H groups in total. The summed E-state index contributed by atoms with van der Waals surface area (Å²) < 4.78 is 0.891. The highest BCUT2D eigenvalue weighted by Gasteiger charge is 2.69. The van der Waals surface area contributed by atoms with Gasteiger partial charge >= 0.3 is 5.97 Å². The van der Waals surface area contributed by atoms with Gasteiger partial charge in [-0.3, -0.25) is 24.6 Å². The molecule has 1 saturated carbocycles. The normalized spacial score (nSPS) is 28.7. The summed E-state index contributed by atoms with van der Waals surface area (Å²) in [6.45, 7) is 0. The van der Waals surface area contributed by atoms with Crippen LogP contribution in [0.4, 0.5) is 0 Å². The predicted octanol–water partition coefficient (Wildman–Crippen LogP) is 4.57. The molecule has 1 aliphatic carbocycles. The standard InChI is InChI=1S/C28H28BrN3O4/c29-18-12-10-16(11-13-18)24-22-23(26(34)32(25(22)33)19-6-2-1-3-7-19)28(31-24,27(35)36)14-17-15-30-21-9-5-4-8-20(17)21/h4-5,8-13,15,19,22-24,30-31H,1-3,6-7,14H2,(H,35,36). The number of benzene rings is 2. The number of nitrogens with zero attached hydrogens (tertiary/aromatic N) is 1. The Balaban J connectivity index is 1.47. The zero-order valence-electron chi connectivity index (χ0n) is 19.7. The minimum absolute atomic E-state index is 0.0953. The number of fused-ring (bicyclic) bond motifs is 2. The average molecular weight is 550 g/mol. The van der Waals surface area contributed by atoms with Crippen molar-refractivity contribution >= 4 is 44.6 Å². The number of carbonyl (C=O) groups excluding carboxylic acids is 2. The van der Waals surface area contributed by atoms with E-state index in [0.717, 1.165) is 58.6 Å². The van der Waals surface area contributed by atoms with Crippen molar-refractivity contribution in [2.75, 3.05) is 0 Å². The van der Waals surface area contributed by atoms with Crippen molar-refractivity contribution in [2.45, 2.75) is 56.1 Å². The van der Waals surface area contributed by atoms with Crippen LogP contribution in [-0.2, 0) is 20.8 Å². The molecule has 0 bridgehead atoms. The zero-order chi connectivity index (χ0) is 25.0. The van der Waals surface area contributed by atoms with E-state index in [1.54, 1.807) is 0 Å². The van der Waals surface area contributed by atoms with Crippen LogP contribution in [0.15, 0.2) is 59.2 Å². The summed E-state index contributed by atoms with van der Waals surface area (Å²) in [5.41, 5.74) is 0.919. The molecule has 2 amide bonds. The van der Waals surface area contributed by atoms with Crippen molar-refractivity contribution in [2.24, 2.45) is 11.8 Å². The molecule has 2 saturated heterocycles. The van der Waals surface area contributed by atoms with Gasteiger partial charge in [0.2, 0.25) is 11.8 Å². The molecule has 186 valence electrons. The number of carboxylic acid groups (broad SMARTS) is 1. The Bertz CT molecular complexity index is 1350. The largest absolute Gasteiger partial charge is 0.480 e. The van der Waals surface area contributed by atoms with Gasteiger partial charge in [-0.2, -0.15) is 0 Å². The maximum absolute atomic E-state index is 14.0. The Kier molecular flexibility index (Phi) is 5.76. The van der Waals surface area contributed by atoms with Crippen molar-refractivity contribution in [1.82, 2.24) is 15.2 Å². The smallest absolute Gasteiger partial charge is 0.325 e. The highest BCUT2D eigenvalue weighted by atomic mass is 79.9. The summed E-state index contributed by atoms with van der Waals surface area (Å²) in [4.78, 5) is 45.7. The third kappa shape index (κ3) is 3.53. The molecule has 8 heteroatoms. The van der Waals surface area contributed by atoms with Crippen LogP contribution in [0, 0.1) is 11.8 Å². The molecule has 4 atom stereocenters. The topological polar surface area (TPSA) is 102 Å². The van der Waals surface area contributed by atoms with Crippen molar-refractivity contribution < 1.29 is 19.5 Å². The molecular weight excluding hydrogens is 522 g/mol. The van der Waals surface area contributed by atoms with E-state index < -0.39 is 29.4 Å². The fourth-order valence-corrected chi connectivity index (χ4v) is 6.96. The number of nitrogens with one attached hydrogen (secondary N) is 2. The first-order valence-electron chi connectivity index (χ1n) is 12.6. The maximum atomic E-state index is 14.0. The number of imide groups is 1. The Morgan fingerprint density at radius 2 is 1.75 bits per heavy atom. The van der Waals surface area contributed by atoms with Gasteiger partial charge < -0.3 is 10.1 Å². The molecule has 3 aromatic rings. The first kappa shape index (κ1) is 23.4. The number of aromatic nitrogens is 1. The number of rotatable bonds is 5. The number of hydrogen-bond acceptors (Lipinski definition) is 4. The molecule has 3 heterocycles. The highest BCUT2D eigenvalue weighted by Crippen LogP contribution is 2.51. The third-order valence-electron chi connectivity index (χ3n) is 8.38. The van der Waals surface area contributed by atoms with Gasteiger partial charge in [-0.15, -0.1) is 0 Å². The van der Waals surface area contributed by atoms with E-state index in [0.29, 0.717) is 0 Å². The molecule has 1 aromatic heterocycles. The van der Waals surface area contributed by atoms with E-state index in [4.69, 9.17) is 0 Å². The Morgan fingerprint density at radius 3 is 2.47 bits per heavy atom. The minimum Gasteiger partial charge on any atom is -0.480 e. The average Bonchev–Trinajstić information content (AvgIpc) is 3.53. The van der Waals surface area contributed by atoms with E-state index in [9.17, 15) is 19.5 Å². The van der Waals surface area contributed by atoms with Gasteiger partial charge in [0.05, 0.1) is 11.8 Å². The number of aliphatic carboxylic acids is 1. The van der Waals surface area contributed by atoms with E-state index in [1.165, 1.54) is 4.90 Å². The summed E-state index contributed by atoms with van der Waals surface area (Å²) in [7, 11) is 0. The minimum atomic E-state index is -1.61. The van der Waals surface area contributed by atoms with Gasteiger partial charge in [0.25, 0.3) is 0 Å². The second kappa shape index (κ2) is 8.85. The van der Waals surface area contributed by atoms with Gasteiger partial charge in [-0.1, -0.05) is 65.5 Å². The van der Waals surface area contributed by atoms with Crippen LogP contribution in [-0.4, -0.2) is 44.4 Å². The third-order valence-corrected chi connectivity index (χ3v) is 8.91. The molecule has 7 nitrogen and oxygen atoms in total. The fourth-order valence-electron chi connectivity index (χ4n) is 6.69. The van der Waals surface area contributed by atoms with Crippen molar-refractivity contribution in [1.29, 1.82) is 0 Å². The van der Waals surface area contributed by atoms with Crippen LogP contribution in [0.25, 0.3) is 10.9 Å². The Morgan fingerprint density at radius 1 is 1.03 bits per heavy atom. The monoisotopic (exact) mass is 549 g/mol. The molecule has 3 aliphatic rings. The van der Waals surface area contributed by atoms with Crippen LogP contribution in [0.3, 0.4) is 0 Å². The van der Waals surface area contributed by atoms with Crippen LogP contribution in [0.5, 0.6) is 0 Å². The van der Waals surface area contributed by atoms with E-state index in [-0.39, 0.29) is 24.3 Å². The summed E-state index contributed by atoms with van der Waals surface area (Å²) >= 11 is 3.45. The van der Waals surface area contributed by atoms with E-state index in [1.807, 2.05) is 54.7 Å². The number of carbonyl (C=O) groups is 3. The number of aromatic amines is 1. The molecule has 36 heavy (non-hydrogen) atoms. The number of para-hydroxylation sites is 1. The van der Waals surface area contributed by atoms with Gasteiger partial charge in [0.15, 0.2) is 0 Å². The summed E-state index contributed by atoms with van der Waals surface area (Å²) in [5, 5.41) is 15.0. The number of carboxylic acids is 1. The molecular formula is C28H28BrN3O4. The lowest BCUT2D eigenvalue weighted by molar-refractivity contribution is -0.152. The second-order valence-corrected chi connectivity index (χ2v) is 11.2. The van der Waals surface area contributed by atoms with Crippen LogP contribution in [0.2, 0.25) is 0 Å². The number of H-pyrrole nitrogens is 1. The van der Waals surface area contributed by atoms with Gasteiger partial charge in [-0.25, -0.2) is 0 Å². The SMILES string of the molecule is O=C1C2C(c3ccc(Br)cc3)NC(Cc3c[nH]c4ccccc34)(C(=O)O)C2C(=O)N1C1CCCCC1. The highest BCUT2D eigenvalue weighted by molar-refractivity contribution is 9.10. The molecule has 0 spiro atoms. The Hall–Kier alpha value is -2.97. The van der Waals surface area contributed by atoms with Crippen molar-refractivity contribution in [3.05, 3.63) is 70.3 Å². The number of likely N-dealkylation sites (tertiary alicyclic amines) is 1. The second-order valence-electron chi connectivity index (χ2n) is 10.3. The lowest BCUT2D eigenvalue weighted by Crippen LogP contribution is -2.58. The molecule has 3 fully saturated rings. The van der Waals surface area contributed by atoms with Crippen molar-refractivity contribution in [3.8, 4) is 0 Å². The molecule has 0 radical (unpaired) electrons. The van der Waals surface area contributed by atoms with E-state index >= 15 is 0 Å². The predicted molar refractivity (Wildman–Crippen MR) is 138 cm³/mol. The van der Waals surface area contributed by atoms with Crippen LogP contribution < -0.4 is 5.32 Å². The molecule has 4 unspecified atom stereocenters. The number of halogens is 1. The lowest BCUT2D eigenvalue weighted by Gasteiger charge is -2.34. The maximum Gasteiger partial charge on any atom is 0.325 e. The number of amides is 2. The zero-order valence-corrected chi connectivity index (χ0v) is 21.3. The summed E-state index contributed by atoms with van der Waals surface area (Å²) in [6.07, 6.45) is 6.54. The lowest BCUT2D eigenvalue weighted by atomic mass is 9.76.